The van der Waals surface area contributed by atoms with E-state index in [9.17, 15) is 0 Å². The fourth-order valence-corrected chi connectivity index (χ4v) is 1.42. The molecule has 0 atom stereocenters. The molecular weight excluding hydrogens is 186 g/mol. The summed E-state index contributed by atoms with van der Waals surface area (Å²) in [5, 5.41) is 1.09. The fraction of sp³-hybridized carbons (Fsp3) is 0.154. The van der Waals surface area contributed by atoms with Crippen LogP contribution in [-0.2, 0) is 4.74 Å². The first-order chi connectivity index (χ1) is 7.42. The zero-order chi connectivity index (χ0) is 10.5. The standard InChI is InChI=1S/C13H11NO/c1-15-10-4-6-11-5-2-8-13-12(11)7-3-9-14-13/h2-3,5,7-9H,10H2,1H3. The van der Waals surface area contributed by atoms with Crippen molar-refractivity contribution in [2.75, 3.05) is 13.7 Å². The summed E-state index contributed by atoms with van der Waals surface area (Å²) < 4.78 is 4.89. The molecule has 0 aliphatic rings. The van der Waals surface area contributed by atoms with Gasteiger partial charge >= 0.3 is 0 Å². The molecule has 0 unspecified atom stereocenters. The maximum atomic E-state index is 4.89. The van der Waals surface area contributed by atoms with E-state index >= 15 is 0 Å². The molecule has 0 aliphatic heterocycles. The van der Waals surface area contributed by atoms with Gasteiger partial charge in [-0.2, -0.15) is 0 Å². The maximum absolute atomic E-state index is 4.89. The summed E-state index contributed by atoms with van der Waals surface area (Å²) in [4.78, 5) is 4.27. The number of nitrogens with zero attached hydrogens (tertiary/aromatic N) is 1. The van der Waals surface area contributed by atoms with Gasteiger partial charge < -0.3 is 4.74 Å². The van der Waals surface area contributed by atoms with Crippen molar-refractivity contribution in [3.05, 3.63) is 42.1 Å². The van der Waals surface area contributed by atoms with Crippen LogP contribution in [0.15, 0.2) is 36.5 Å². The van der Waals surface area contributed by atoms with E-state index < -0.39 is 0 Å². The largest absolute Gasteiger partial charge is 0.372 e. The third kappa shape index (κ3) is 2.15. The van der Waals surface area contributed by atoms with Gasteiger partial charge in [0.2, 0.25) is 0 Å². The summed E-state index contributed by atoms with van der Waals surface area (Å²) >= 11 is 0. The van der Waals surface area contributed by atoms with Crippen molar-refractivity contribution < 1.29 is 4.74 Å². The highest BCUT2D eigenvalue weighted by atomic mass is 16.5. The van der Waals surface area contributed by atoms with E-state index in [1.165, 1.54) is 0 Å². The van der Waals surface area contributed by atoms with Crippen LogP contribution in [0.5, 0.6) is 0 Å². The number of fused-ring (bicyclic) bond motifs is 1. The topological polar surface area (TPSA) is 22.1 Å². The summed E-state index contributed by atoms with van der Waals surface area (Å²) in [6, 6.07) is 9.89. The molecule has 2 rings (SSSR count). The third-order valence-electron chi connectivity index (χ3n) is 2.09. The number of methoxy groups -OCH3 is 1. The normalized spacial score (nSPS) is 9.67. The monoisotopic (exact) mass is 197 g/mol. The Kier molecular flexibility index (Phi) is 2.96. The average molecular weight is 197 g/mol. The van der Waals surface area contributed by atoms with Gasteiger partial charge in [0.25, 0.3) is 0 Å². The number of ether oxygens (including phenoxy) is 1. The van der Waals surface area contributed by atoms with Gasteiger partial charge in [0, 0.05) is 24.3 Å². The van der Waals surface area contributed by atoms with Crippen LogP contribution in [0.3, 0.4) is 0 Å². The Morgan fingerprint density at radius 2 is 2.20 bits per heavy atom. The van der Waals surface area contributed by atoms with Crippen LogP contribution in [-0.4, -0.2) is 18.7 Å². The molecule has 0 saturated carbocycles. The number of hydrogen-bond acceptors (Lipinski definition) is 2. The highest BCUT2D eigenvalue weighted by Crippen LogP contribution is 2.14. The van der Waals surface area contributed by atoms with Gasteiger partial charge in [-0.15, -0.1) is 0 Å². The molecule has 2 aromatic rings. The third-order valence-corrected chi connectivity index (χ3v) is 2.09. The minimum atomic E-state index is 0.455. The molecule has 2 heteroatoms. The molecule has 0 N–H and O–H groups in total. The molecule has 0 aliphatic carbocycles. The van der Waals surface area contributed by atoms with Crippen LogP contribution in [0.2, 0.25) is 0 Å². The highest BCUT2D eigenvalue weighted by molar-refractivity contribution is 5.84. The van der Waals surface area contributed by atoms with Crippen molar-refractivity contribution in [2.45, 2.75) is 0 Å². The molecule has 0 fully saturated rings. The van der Waals surface area contributed by atoms with E-state index in [0.717, 1.165) is 16.5 Å². The lowest BCUT2D eigenvalue weighted by Crippen LogP contribution is -1.84. The van der Waals surface area contributed by atoms with Crippen molar-refractivity contribution in [3.8, 4) is 11.8 Å². The smallest absolute Gasteiger partial charge is 0.107 e. The quantitative estimate of drug-likeness (QED) is 0.654. The van der Waals surface area contributed by atoms with E-state index in [2.05, 4.69) is 16.8 Å². The number of benzene rings is 1. The Morgan fingerprint density at radius 3 is 3.07 bits per heavy atom. The molecule has 0 bridgehead atoms. The van der Waals surface area contributed by atoms with Crippen LogP contribution in [0.25, 0.3) is 10.9 Å². The van der Waals surface area contributed by atoms with E-state index in [0.29, 0.717) is 6.61 Å². The molecule has 2 nitrogen and oxygen atoms in total. The van der Waals surface area contributed by atoms with Gasteiger partial charge in [0.15, 0.2) is 0 Å². The Morgan fingerprint density at radius 1 is 1.27 bits per heavy atom. The molecule has 0 radical (unpaired) electrons. The van der Waals surface area contributed by atoms with Gasteiger partial charge in [0.1, 0.15) is 6.61 Å². The van der Waals surface area contributed by atoms with E-state index in [1.54, 1.807) is 13.3 Å². The molecule has 74 valence electrons. The number of aromatic nitrogens is 1. The first-order valence-corrected chi connectivity index (χ1v) is 4.73. The number of rotatable bonds is 1. The van der Waals surface area contributed by atoms with Crippen molar-refractivity contribution in [1.82, 2.24) is 4.98 Å². The molecule has 1 aromatic carbocycles. The lowest BCUT2D eigenvalue weighted by Gasteiger charge is -1.98. The summed E-state index contributed by atoms with van der Waals surface area (Å²) in [6.45, 7) is 0.455. The summed E-state index contributed by atoms with van der Waals surface area (Å²) in [7, 11) is 1.64. The summed E-state index contributed by atoms with van der Waals surface area (Å²) in [6.07, 6.45) is 1.79. The van der Waals surface area contributed by atoms with Crippen LogP contribution in [0.1, 0.15) is 5.56 Å². The Balaban J connectivity index is 2.48. The molecule has 1 heterocycles. The highest BCUT2D eigenvalue weighted by Gasteiger charge is 1.96. The molecule has 0 saturated heterocycles. The van der Waals surface area contributed by atoms with E-state index in [4.69, 9.17) is 4.74 Å². The fourth-order valence-electron chi connectivity index (χ4n) is 1.42. The second-order valence-electron chi connectivity index (χ2n) is 3.11. The van der Waals surface area contributed by atoms with Crippen molar-refractivity contribution in [3.63, 3.8) is 0 Å². The maximum Gasteiger partial charge on any atom is 0.107 e. The lowest BCUT2D eigenvalue weighted by atomic mass is 10.1. The first kappa shape index (κ1) is 9.70. The van der Waals surface area contributed by atoms with Gasteiger partial charge in [-0.3, -0.25) is 4.98 Å². The predicted molar refractivity (Wildman–Crippen MR) is 60.5 cm³/mol. The first-order valence-electron chi connectivity index (χ1n) is 4.73. The molecule has 1 aromatic heterocycles. The lowest BCUT2D eigenvalue weighted by molar-refractivity contribution is 0.240. The molecular formula is C13H11NO. The van der Waals surface area contributed by atoms with E-state index in [-0.39, 0.29) is 0 Å². The zero-order valence-electron chi connectivity index (χ0n) is 8.53. The van der Waals surface area contributed by atoms with Gasteiger partial charge in [-0.05, 0) is 18.2 Å². The van der Waals surface area contributed by atoms with Crippen molar-refractivity contribution >= 4 is 10.9 Å². The van der Waals surface area contributed by atoms with Gasteiger partial charge in [-0.25, -0.2) is 0 Å². The molecule has 15 heavy (non-hydrogen) atoms. The predicted octanol–water partition coefficient (Wildman–Crippen LogP) is 2.23. The average Bonchev–Trinajstić information content (AvgIpc) is 2.30. The SMILES string of the molecule is COCC#Cc1cccc2ncccc12. The second kappa shape index (κ2) is 4.59. The number of pyridine rings is 1. The van der Waals surface area contributed by atoms with Crippen LogP contribution in [0, 0.1) is 11.8 Å². The molecule has 0 amide bonds. The van der Waals surface area contributed by atoms with Crippen LogP contribution < -0.4 is 0 Å². The minimum absolute atomic E-state index is 0.455. The summed E-state index contributed by atoms with van der Waals surface area (Å²) in [5.41, 5.74) is 1.97. The van der Waals surface area contributed by atoms with Crippen molar-refractivity contribution in [2.24, 2.45) is 0 Å². The zero-order valence-corrected chi connectivity index (χ0v) is 8.53. The minimum Gasteiger partial charge on any atom is -0.372 e. The molecule has 0 spiro atoms. The van der Waals surface area contributed by atoms with Gasteiger partial charge in [0.05, 0.1) is 5.52 Å². The number of hydrogen-bond donors (Lipinski definition) is 0. The van der Waals surface area contributed by atoms with Crippen LogP contribution >= 0.6 is 0 Å². The summed E-state index contributed by atoms with van der Waals surface area (Å²) in [5.74, 6) is 6.02. The Hall–Kier alpha value is -1.85. The Bertz CT molecular complexity index is 517. The van der Waals surface area contributed by atoms with Crippen molar-refractivity contribution in [1.29, 1.82) is 0 Å². The van der Waals surface area contributed by atoms with Gasteiger partial charge in [-0.1, -0.05) is 24.0 Å². The Labute approximate surface area is 88.9 Å². The van der Waals surface area contributed by atoms with Crippen LogP contribution in [0.4, 0.5) is 0 Å². The second-order valence-corrected chi connectivity index (χ2v) is 3.11. The van der Waals surface area contributed by atoms with E-state index in [1.807, 2.05) is 30.3 Å².